The predicted octanol–water partition coefficient (Wildman–Crippen LogP) is 3.71. The highest BCUT2D eigenvalue weighted by molar-refractivity contribution is 7.92. The average Bonchev–Trinajstić information content (AvgIpc) is 2.39. The number of hydrogen-bond acceptors (Lipinski definition) is 3. The fourth-order valence-electron chi connectivity index (χ4n) is 2.02. The molecule has 0 atom stereocenters. The molecule has 2 aromatic rings. The van der Waals surface area contributed by atoms with Gasteiger partial charge < -0.3 is 4.74 Å². The molecule has 0 aromatic heterocycles. The van der Waals surface area contributed by atoms with Crippen LogP contribution in [0, 0.1) is 13.8 Å². The molecule has 0 fully saturated rings. The maximum Gasteiger partial charge on any atom is 0.387 e. The topological polar surface area (TPSA) is 55.4 Å². The van der Waals surface area contributed by atoms with Crippen LogP contribution in [0.4, 0.5) is 14.5 Å². The van der Waals surface area contributed by atoms with Crippen LogP contribution < -0.4 is 9.46 Å². The zero-order valence-corrected chi connectivity index (χ0v) is 12.8. The summed E-state index contributed by atoms with van der Waals surface area (Å²) in [5, 5.41) is 0. The summed E-state index contributed by atoms with van der Waals surface area (Å²) in [6.07, 6.45) is 0. The van der Waals surface area contributed by atoms with E-state index in [-0.39, 0.29) is 16.3 Å². The van der Waals surface area contributed by atoms with Crippen LogP contribution in [0.5, 0.6) is 5.75 Å². The second-order valence-corrected chi connectivity index (χ2v) is 6.43. The molecule has 0 aliphatic carbocycles. The Morgan fingerprint density at radius 2 is 1.68 bits per heavy atom. The van der Waals surface area contributed by atoms with Crippen LogP contribution >= 0.6 is 0 Å². The number of aryl methyl sites for hydroxylation is 2. The Morgan fingerprint density at radius 3 is 2.23 bits per heavy atom. The van der Waals surface area contributed by atoms with E-state index in [4.69, 9.17) is 0 Å². The van der Waals surface area contributed by atoms with Crippen LogP contribution in [0.25, 0.3) is 0 Å². The minimum absolute atomic E-state index is 0.0375. The SMILES string of the molecule is Cc1ccc(S(=O)(=O)Nc2ccc(OC(F)F)cc2)c(C)c1. The maximum atomic E-state index is 12.3. The molecule has 0 bridgehead atoms. The lowest BCUT2D eigenvalue weighted by molar-refractivity contribution is -0.0498. The van der Waals surface area contributed by atoms with Gasteiger partial charge in [-0.25, -0.2) is 8.42 Å². The molecule has 2 aromatic carbocycles. The first-order valence-corrected chi connectivity index (χ1v) is 7.91. The lowest BCUT2D eigenvalue weighted by Crippen LogP contribution is -2.14. The third-order valence-corrected chi connectivity index (χ3v) is 4.49. The summed E-state index contributed by atoms with van der Waals surface area (Å²) in [6.45, 7) is 0.664. The highest BCUT2D eigenvalue weighted by Crippen LogP contribution is 2.22. The summed E-state index contributed by atoms with van der Waals surface area (Å²) in [6, 6.07) is 10.3. The van der Waals surface area contributed by atoms with Gasteiger partial charge in [0.2, 0.25) is 0 Å². The van der Waals surface area contributed by atoms with Crippen molar-refractivity contribution in [1.82, 2.24) is 0 Å². The molecule has 1 N–H and O–H groups in total. The van der Waals surface area contributed by atoms with Crippen molar-refractivity contribution in [3.8, 4) is 5.75 Å². The van der Waals surface area contributed by atoms with Crippen LogP contribution in [0.1, 0.15) is 11.1 Å². The molecule has 22 heavy (non-hydrogen) atoms. The van der Waals surface area contributed by atoms with E-state index in [1.807, 2.05) is 6.92 Å². The fraction of sp³-hybridized carbons (Fsp3) is 0.200. The number of anilines is 1. The number of ether oxygens (including phenoxy) is 1. The van der Waals surface area contributed by atoms with Crippen molar-refractivity contribution in [3.05, 3.63) is 53.6 Å². The van der Waals surface area contributed by atoms with Gasteiger partial charge in [-0.2, -0.15) is 8.78 Å². The Morgan fingerprint density at radius 1 is 1.05 bits per heavy atom. The summed E-state index contributed by atoms with van der Waals surface area (Å²) < 4.78 is 55.4. The van der Waals surface area contributed by atoms with Crippen molar-refractivity contribution < 1.29 is 21.9 Å². The molecule has 0 unspecified atom stereocenters. The fourth-order valence-corrected chi connectivity index (χ4v) is 3.30. The highest BCUT2D eigenvalue weighted by atomic mass is 32.2. The van der Waals surface area contributed by atoms with E-state index in [0.29, 0.717) is 5.56 Å². The molecule has 0 radical (unpaired) electrons. The summed E-state index contributed by atoms with van der Waals surface area (Å²) in [5.41, 5.74) is 1.86. The number of sulfonamides is 1. The standard InChI is InChI=1S/C15H15F2NO3S/c1-10-3-8-14(11(2)9-10)22(19,20)18-12-4-6-13(7-5-12)21-15(16)17/h3-9,15,18H,1-2H3. The lowest BCUT2D eigenvalue weighted by Gasteiger charge is -2.11. The molecule has 4 nitrogen and oxygen atoms in total. The molecule has 0 saturated heterocycles. The molecule has 7 heteroatoms. The Labute approximate surface area is 127 Å². The molecule has 0 amide bonds. The highest BCUT2D eigenvalue weighted by Gasteiger charge is 2.17. The van der Waals surface area contributed by atoms with Crippen LogP contribution in [0.15, 0.2) is 47.4 Å². The van der Waals surface area contributed by atoms with Gasteiger partial charge in [0.15, 0.2) is 0 Å². The van der Waals surface area contributed by atoms with Gasteiger partial charge in [0.25, 0.3) is 10.0 Å². The van der Waals surface area contributed by atoms with Crippen LogP contribution in [0.3, 0.4) is 0 Å². The van der Waals surface area contributed by atoms with Gasteiger partial charge in [-0.1, -0.05) is 17.7 Å². The number of benzene rings is 2. The third kappa shape index (κ3) is 3.94. The normalized spacial score (nSPS) is 11.5. The number of alkyl halides is 2. The molecule has 118 valence electrons. The van der Waals surface area contributed by atoms with Crippen molar-refractivity contribution in [2.75, 3.05) is 4.72 Å². The Bertz CT molecular complexity index is 759. The number of hydrogen-bond donors (Lipinski definition) is 1. The molecule has 0 spiro atoms. The quantitative estimate of drug-likeness (QED) is 0.911. The van der Waals surface area contributed by atoms with Crippen molar-refractivity contribution in [1.29, 1.82) is 0 Å². The predicted molar refractivity (Wildman–Crippen MR) is 79.8 cm³/mol. The minimum atomic E-state index is -3.74. The second kappa shape index (κ2) is 6.31. The first-order chi connectivity index (χ1) is 10.3. The first kappa shape index (κ1) is 16.2. The summed E-state index contributed by atoms with van der Waals surface area (Å²) in [7, 11) is -3.74. The third-order valence-electron chi connectivity index (χ3n) is 2.95. The monoisotopic (exact) mass is 327 g/mol. The average molecular weight is 327 g/mol. The van der Waals surface area contributed by atoms with Gasteiger partial charge in [-0.3, -0.25) is 4.72 Å². The maximum absolute atomic E-state index is 12.3. The van der Waals surface area contributed by atoms with E-state index in [1.54, 1.807) is 19.1 Å². The number of nitrogens with one attached hydrogen (secondary N) is 1. The summed E-state index contributed by atoms with van der Waals surface area (Å²) in [5.74, 6) is -0.0375. The zero-order valence-electron chi connectivity index (χ0n) is 12.0. The van der Waals surface area contributed by atoms with Crippen LogP contribution in [-0.4, -0.2) is 15.0 Å². The Kier molecular flexibility index (Phi) is 4.65. The first-order valence-electron chi connectivity index (χ1n) is 6.43. The van der Waals surface area contributed by atoms with E-state index in [2.05, 4.69) is 9.46 Å². The summed E-state index contributed by atoms with van der Waals surface area (Å²) in [4.78, 5) is 0.172. The number of rotatable bonds is 5. The van der Waals surface area contributed by atoms with Gasteiger partial charge in [0, 0.05) is 5.69 Å². The largest absolute Gasteiger partial charge is 0.435 e. The molecular weight excluding hydrogens is 312 g/mol. The van der Waals surface area contributed by atoms with Gasteiger partial charge >= 0.3 is 6.61 Å². The van der Waals surface area contributed by atoms with Gasteiger partial charge in [-0.15, -0.1) is 0 Å². The van der Waals surface area contributed by atoms with E-state index < -0.39 is 16.6 Å². The second-order valence-electron chi connectivity index (χ2n) is 4.78. The molecule has 0 aliphatic heterocycles. The van der Waals surface area contributed by atoms with E-state index in [9.17, 15) is 17.2 Å². The Balaban J connectivity index is 2.21. The lowest BCUT2D eigenvalue weighted by atomic mass is 10.2. The van der Waals surface area contributed by atoms with E-state index >= 15 is 0 Å². The minimum Gasteiger partial charge on any atom is -0.435 e. The molecule has 0 aliphatic rings. The van der Waals surface area contributed by atoms with E-state index in [0.717, 1.165) is 5.56 Å². The number of halogens is 2. The van der Waals surface area contributed by atoms with Gasteiger partial charge in [0.05, 0.1) is 4.90 Å². The Hall–Kier alpha value is -2.15. The smallest absolute Gasteiger partial charge is 0.387 e. The van der Waals surface area contributed by atoms with Crippen molar-refractivity contribution in [2.24, 2.45) is 0 Å². The van der Waals surface area contributed by atoms with Crippen LogP contribution in [0.2, 0.25) is 0 Å². The van der Waals surface area contributed by atoms with Crippen molar-refractivity contribution in [2.45, 2.75) is 25.4 Å². The van der Waals surface area contributed by atoms with Crippen molar-refractivity contribution >= 4 is 15.7 Å². The molecule has 0 saturated carbocycles. The zero-order chi connectivity index (χ0) is 16.3. The molecule has 2 rings (SSSR count). The summed E-state index contributed by atoms with van der Waals surface area (Å²) >= 11 is 0. The van der Waals surface area contributed by atoms with Gasteiger partial charge in [0.1, 0.15) is 5.75 Å². The van der Waals surface area contributed by atoms with Crippen LogP contribution in [-0.2, 0) is 10.0 Å². The van der Waals surface area contributed by atoms with Gasteiger partial charge in [-0.05, 0) is 49.7 Å². The molecular formula is C15H15F2NO3S. The van der Waals surface area contributed by atoms with Crippen molar-refractivity contribution in [3.63, 3.8) is 0 Å². The van der Waals surface area contributed by atoms with E-state index in [1.165, 1.54) is 30.3 Å². The molecule has 0 heterocycles.